The van der Waals surface area contributed by atoms with E-state index < -0.39 is 5.97 Å². The molecule has 1 aromatic heterocycles. The molecule has 0 aromatic carbocycles. The summed E-state index contributed by atoms with van der Waals surface area (Å²) in [6, 6.07) is 0. The fourth-order valence-corrected chi connectivity index (χ4v) is 1.52. The van der Waals surface area contributed by atoms with Crippen LogP contribution in [0.15, 0.2) is 0 Å². The minimum absolute atomic E-state index is 0.0274. The summed E-state index contributed by atoms with van der Waals surface area (Å²) < 4.78 is 1.35. The predicted molar refractivity (Wildman–Crippen MR) is 62.1 cm³/mol. The maximum absolute atomic E-state index is 11.6. The molecule has 0 atom stereocenters. The van der Waals surface area contributed by atoms with Crippen LogP contribution in [0.1, 0.15) is 16.1 Å². The Bertz CT molecular complexity index is 451. The lowest BCUT2D eigenvalue weighted by Gasteiger charge is -2.10. The van der Waals surface area contributed by atoms with Crippen molar-refractivity contribution < 1.29 is 14.7 Å². The van der Waals surface area contributed by atoms with E-state index in [0.717, 1.165) is 0 Å². The number of aromatic carboxylic acids is 1. The smallest absolute Gasteiger partial charge is 0.341 e. The molecule has 0 saturated carbocycles. The van der Waals surface area contributed by atoms with Crippen molar-refractivity contribution in [3.05, 3.63) is 11.3 Å². The summed E-state index contributed by atoms with van der Waals surface area (Å²) in [6.07, 6.45) is 0. The number of amides is 1. The zero-order valence-electron chi connectivity index (χ0n) is 10.3. The lowest BCUT2D eigenvalue weighted by atomic mass is 10.2. The number of aromatic nitrogens is 2. The molecule has 1 rings (SSSR count). The van der Waals surface area contributed by atoms with Crippen LogP contribution in [0.5, 0.6) is 0 Å². The number of carboxylic acid groups (broad SMARTS) is 1. The Morgan fingerprint density at radius 1 is 1.47 bits per heavy atom. The van der Waals surface area contributed by atoms with Crippen LogP contribution in [-0.2, 0) is 11.8 Å². The van der Waals surface area contributed by atoms with Gasteiger partial charge in [-0.3, -0.25) is 9.48 Å². The van der Waals surface area contributed by atoms with Gasteiger partial charge in [-0.05, 0) is 21.0 Å². The fraction of sp³-hybridized carbons (Fsp3) is 0.500. The SMILES string of the molecule is Cc1nn(C)c(NC(=O)CN(C)C)c1C(=O)O. The third-order valence-corrected chi connectivity index (χ3v) is 2.15. The Morgan fingerprint density at radius 2 is 2.06 bits per heavy atom. The standard InChI is InChI=1S/C10H16N4O3/c1-6-8(10(16)17)9(14(4)12-6)11-7(15)5-13(2)3/h5H2,1-4H3,(H,11,15)(H,16,17). The first-order chi connectivity index (χ1) is 7.82. The zero-order chi connectivity index (χ0) is 13.2. The number of nitrogens with zero attached hydrogens (tertiary/aromatic N) is 3. The van der Waals surface area contributed by atoms with Crippen molar-refractivity contribution in [2.75, 3.05) is 26.0 Å². The second-order valence-corrected chi connectivity index (χ2v) is 4.02. The van der Waals surface area contributed by atoms with Crippen molar-refractivity contribution in [2.24, 2.45) is 7.05 Å². The number of likely N-dealkylation sites (N-methyl/N-ethyl adjacent to an activating group) is 1. The molecule has 0 aliphatic rings. The highest BCUT2D eigenvalue weighted by Gasteiger charge is 2.21. The van der Waals surface area contributed by atoms with Crippen LogP contribution in [0.3, 0.4) is 0 Å². The van der Waals surface area contributed by atoms with Crippen LogP contribution in [-0.4, -0.2) is 52.3 Å². The van der Waals surface area contributed by atoms with Gasteiger partial charge in [0.1, 0.15) is 11.4 Å². The number of carbonyl (C=O) groups is 2. The number of hydrogen-bond donors (Lipinski definition) is 2. The Hall–Kier alpha value is -1.89. The molecule has 1 amide bonds. The highest BCUT2D eigenvalue weighted by atomic mass is 16.4. The molecule has 0 bridgehead atoms. The number of carboxylic acids is 1. The molecular weight excluding hydrogens is 224 g/mol. The molecule has 1 aromatic rings. The van der Waals surface area contributed by atoms with Gasteiger partial charge in [-0.25, -0.2) is 4.79 Å². The summed E-state index contributed by atoms with van der Waals surface area (Å²) >= 11 is 0. The first-order valence-corrected chi connectivity index (χ1v) is 5.04. The van der Waals surface area contributed by atoms with Gasteiger partial charge in [0.25, 0.3) is 0 Å². The average molecular weight is 240 g/mol. The number of carbonyl (C=O) groups excluding carboxylic acids is 1. The van der Waals surface area contributed by atoms with Gasteiger partial charge >= 0.3 is 5.97 Å². The van der Waals surface area contributed by atoms with E-state index in [1.54, 1.807) is 33.0 Å². The second-order valence-electron chi connectivity index (χ2n) is 4.02. The first-order valence-electron chi connectivity index (χ1n) is 5.04. The molecule has 7 nitrogen and oxygen atoms in total. The van der Waals surface area contributed by atoms with E-state index in [2.05, 4.69) is 10.4 Å². The molecule has 0 spiro atoms. The van der Waals surface area contributed by atoms with Gasteiger partial charge in [0.15, 0.2) is 0 Å². The summed E-state index contributed by atoms with van der Waals surface area (Å²) in [7, 11) is 5.10. The van der Waals surface area contributed by atoms with E-state index in [-0.39, 0.29) is 23.8 Å². The molecule has 0 unspecified atom stereocenters. The van der Waals surface area contributed by atoms with Gasteiger partial charge in [-0.2, -0.15) is 5.10 Å². The number of anilines is 1. The van der Waals surface area contributed by atoms with E-state index in [0.29, 0.717) is 5.69 Å². The van der Waals surface area contributed by atoms with Crippen LogP contribution < -0.4 is 5.32 Å². The molecule has 0 saturated heterocycles. The Morgan fingerprint density at radius 3 is 2.53 bits per heavy atom. The van der Waals surface area contributed by atoms with Crippen molar-refractivity contribution in [2.45, 2.75) is 6.92 Å². The molecule has 17 heavy (non-hydrogen) atoms. The maximum atomic E-state index is 11.6. The van der Waals surface area contributed by atoms with Crippen molar-refractivity contribution >= 4 is 17.7 Å². The van der Waals surface area contributed by atoms with E-state index >= 15 is 0 Å². The normalized spacial score (nSPS) is 10.6. The minimum atomic E-state index is -1.10. The number of nitrogens with one attached hydrogen (secondary N) is 1. The fourth-order valence-electron chi connectivity index (χ4n) is 1.52. The largest absolute Gasteiger partial charge is 0.477 e. The second kappa shape index (κ2) is 4.96. The molecular formula is C10H16N4O3. The number of hydrogen-bond acceptors (Lipinski definition) is 4. The molecule has 0 radical (unpaired) electrons. The van der Waals surface area contributed by atoms with E-state index in [4.69, 9.17) is 5.11 Å². The zero-order valence-corrected chi connectivity index (χ0v) is 10.3. The highest BCUT2D eigenvalue weighted by molar-refractivity contribution is 6.00. The van der Waals surface area contributed by atoms with Crippen LogP contribution in [0, 0.1) is 6.92 Å². The lowest BCUT2D eigenvalue weighted by Crippen LogP contribution is -2.28. The molecule has 0 aliphatic heterocycles. The van der Waals surface area contributed by atoms with Crippen LogP contribution in [0.2, 0.25) is 0 Å². The molecule has 94 valence electrons. The van der Waals surface area contributed by atoms with Gasteiger partial charge in [0, 0.05) is 7.05 Å². The van der Waals surface area contributed by atoms with Crippen LogP contribution in [0.25, 0.3) is 0 Å². The van der Waals surface area contributed by atoms with Crippen LogP contribution >= 0.6 is 0 Å². The van der Waals surface area contributed by atoms with Gasteiger partial charge < -0.3 is 15.3 Å². The number of rotatable bonds is 4. The van der Waals surface area contributed by atoms with Crippen molar-refractivity contribution in [1.29, 1.82) is 0 Å². The predicted octanol–water partition coefficient (Wildman–Crippen LogP) is -0.0732. The van der Waals surface area contributed by atoms with Crippen molar-refractivity contribution in [3.63, 3.8) is 0 Å². The van der Waals surface area contributed by atoms with E-state index in [1.807, 2.05) is 0 Å². The minimum Gasteiger partial charge on any atom is -0.477 e. The van der Waals surface area contributed by atoms with E-state index in [9.17, 15) is 9.59 Å². The Balaban J connectivity index is 2.98. The summed E-state index contributed by atoms with van der Waals surface area (Å²) in [4.78, 5) is 24.3. The third kappa shape index (κ3) is 3.04. The monoisotopic (exact) mass is 240 g/mol. The average Bonchev–Trinajstić information content (AvgIpc) is 2.39. The summed E-state index contributed by atoms with van der Waals surface area (Å²) in [5.74, 6) is -1.17. The topological polar surface area (TPSA) is 87.5 Å². The van der Waals surface area contributed by atoms with Gasteiger partial charge in [-0.15, -0.1) is 0 Å². The van der Waals surface area contributed by atoms with Gasteiger partial charge in [0.2, 0.25) is 5.91 Å². The molecule has 7 heteroatoms. The van der Waals surface area contributed by atoms with Crippen molar-refractivity contribution in [1.82, 2.24) is 14.7 Å². The highest BCUT2D eigenvalue weighted by Crippen LogP contribution is 2.18. The quantitative estimate of drug-likeness (QED) is 0.769. The molecule has 1 heterocycles. The van der Waals surface area contributed by atoms with Gasteiger partial charge in [0.05, 0.1) is 12.2 Å². The lowest BCUT2D eigenvalue weighted by molar-refractivity contribution is -0.116. The summed E-state index contributed by atoms with van der Waals surface area (Å²) in [6.45, 7) is 1.77. The van der Waals surface area contributed by atoms with Gasteiger partial charge in [-0.1, -0.05) is 0 Å². The molecule has 0 fully saturated rings. The maximum Gasteiger partial charge on any atom is 0.341 e. The van der Waals surface area contributed by atoms with Crippen molar-refractivity contribution in [3.8, 4) is 0 Å². The first kappa shape index (κ1) is 13.2. The third-order valence-electron chi connectivity index (χ3n) is 2.15. The number of aryl methyl sites for hydroxylation is 2. The van der Waals surface area contributed by atoms with Crippen LogP contribution in [0.4, 0.5) is 5.82 Å². The van der Waals surface area contributed by atoms with E-state index in [1.165, 1.54) is 4.68 Å². The summed E-state index contributed by atoms with van der Waals surface area (Å²) in [5.41, 5.74) is 0.403. The molecule has 2 N–H and O–H groups in total. The molecule has 0 aliphatic carbocycles. The Kier molecular flexibility index (Phi) is 3.84. The Labute approximate surface area is 99.0 Å². The summed E-state index contributed by atoms with van der Waals surface area (Å²) in [5, 5.41) is 15.6.